The molecular formula is C15H12BrFN2O3. The lowest BCUT2D eigenvalue weighted by Crippen LogP contribution is -2.24. The van der Waals surface area contributed by atoms with Crippen molar-refractivity contribution in [2.24, 2.45) is 0 Å². The molecule has 0 aliphatic carbocycles. The number of halogens is 2. The predicted molar refractivity (Wildman–Crippen MR) is 83.1 cm³/mol. The lowest BCUT2D eigenvalue weighted by molar-refractivity contribution is -0.385. The van der Waals surface area contributed by atoms with Gasteiger partial charge in [0, 0.05) is 28.2 Å². The number of nitrogens with zero attached hydrogens (tertiary/aromatic N) is 1. The Morgan fingerprint density at radius 2 is 2.09 bits per heavy atom. The third-order valence-electron chi connectivity index (χ3n) is 3.19. The summed E-state index contributed by atoms with van der Waals surface area (Å²) in [4.78, 5) is 22.5. The second kappa shape index (κ2) is 6.65. The Kier molecular flexibility index (Phi) is 4.87. The van der Waals surface area contributed by atoms with Gasteiger partial charge in [0.05, 0.1) is 4.92 Å². The number of nitrogens with one attached hydrogen (secondary N) is 1. The van der Waals surface area contributed by atoms with E-state index < -0.39 is 16.6 Å². The predicted octanol–water partition coefficient (Wildman–Crippen LogP) is 3.73. The van der Waals surface area contributed by atoms with E-state index in [9.17, 15) is 19.3 Å². The van der Waals surface area contributed by atoms with E-state index in [1.807, 2.05) is 0 Å². The normalized spacial score (nSPS) is 10.3. The van der Waals surface area contributed by atoms with Crippen molar-refractivity contribution in [1.29, 1.82) is 0 Å². The molecule has 22 heavy (non-hydrogen) atoms. The van der Waals surface area contributed by atoms with Crippen molar-refractivity contribution >= 4 is 27.5 Å². The lowest BCUT2D eigenvalue weighted by atomic mass is 10.1. The quantitative estimate of drug-likeness (QED) is 0.661. The zero-order valence-electron chi connectivity index (χ0n) is 11.6. The van der Waals surface area contributed by atoms with Crippen LogP contribution in [0.5, 0.6) is 0 Å². The number of carbonyl (C=O) groups excluding carboxylic acids is 1. The van der Waals surface area contributed by atoms with E-state index in [-0.39, 0.29) is 17.8 Å². The van der Waals surface area contributed by atoms with Crippen molar-refractivity contribution in [1.82, 2.24) is 5.32 Å². The zero-order chi connectivity index (χ0) is 16.3. The number of nitro groups is 1. The van der Waals surface area contributed by atoms with E-state index in [0.29, 0.717) is 15.6 Å². The first-order valence-corrected chi connectivity index (χ1v) is 7.15. The summed E-state index contributed by atoms with van der Waals surface area (Å²) in [5, 5.41) is 13.5. The Morgan fingerprint density at radius 3 is 2.77 bits per heavy atom. The van der Waals surface area contributed by atoms with Gasteiger partial charge in [-0.3, -0.25) is 14.9 Å². The van der Waals surface area contributed by atoms with Crippen LogP contribution in [0.3, 0.4) is 0 Å². The minimum Gasteiger partial charge on any atom is -0.348 e. The summed E-state index contributed by atoms with van der Waals surface area (Å²) in [6, 6.07) is 8.48. The van der Waals surface area contributed by atoms with Gasteiger partial charge in [0.2, 0.25) is 0 Å². The molecular weight excluding hydrogens is 355 g/mol. The highest BCUT2D eigenvalue weighted by atomic mass is 79.9. The molecule has 5 nitrogen and oxygen atoms in total. The smallest absolute Gasteiger partial charge is 0.273 e. The summed E-state index contributed by atoms with van der Waals surface area (Å²) >= 11 is 3.27. The summed E-state index contributed by atoms with van der Waals surface area (Å²) < 4.78 is 13.9. The number of hydrogen-bond acceptors (Lipinski definition) is 3. The Labute approximate surface area is 134 Å². The van der Waals surface area contributed by atoms with E-state index >= 15 is 0 Å². The Balaban J connectivity index is 2.18. The first-order valence-electron chi connectivity index (χ1n) is 6.36. The molecule has 0 spiro atoms. The van der Waals surface area contributed by atoms with Gasteiger partial charge in [-0.15, -0.1) is 0 Å². The molecule has 0 fully saturated rings. The van der Waals surface area contributed by atoms with Crippen LogP contribution in [0.1, 0.15) is 21.5 Å². The highest BCUT2D eigenvalue weighted by Gasteiger charge is 2.17. The molecule has 0 aliphatic rings. The van der Waals surface area contributed by atoms with Crippen LogP contribution in [0.15, 0.2) is 40.9 Å². The second-order valence-corrected chi connectivity index (χ2v) is 5.48. The van der Waals surface area contributed by atoms with Gasteiger partial charge in [0.25, 0.3) is 11.6 Å². The fourth-order valence-electron chi connectivity index (χ4n) is 2.02. The van der Waals surface area contributed by atoms with E-state index in [0.717, 1.165) is 0 Å². The molecule has 114 valence electrons. The number of hydrogen-bond donors (Lipinski definition) is 1. The topological polar surface area (TPSA) is 72.2 Å². The Hall–Kier alpha value is -2.28. The van der Waals surface area contributed by atoms with Crippen molar-refractivity contribution < 1.29 is 14.1 Å². The fraction of sp³-hybridized carbons (Fsp3) is 0.133. The average Bonchev–Trinajstić information content (AvgIpc) is 2.47. The van der Waals surface area contributed by atoms with Crippen LogP contribution in [0.2, 0.25) is 0 Å². The number of rotatable bonds is 4. The molecule has 0 aliphatic heterocycles. The van der Waals surface area contributed by atoms with Crippen molar-refractivity contribution in [2.45, 2.75) is 13.5 Å². The van der Waals surface area contributed by atoms with Gasteiger partial charge in [-0.05, 0) is 36.8 Å². The van der Waals surface area contributed by atoms with E-state index in [4.69, 9.17) is 0 Å². The van der Waals surface area contributed by atoms with Crippen LogP contribution in [0.25, 0.3) is 0 Å². The van der Waals surface area contributed by atoms with Crippen LogP contribution in [-0.4, -0.2) is 10.8 Å². The van der Waals surface area contributed by atoms with Gasteiger partial charge in [-0.2, -0.15) is 0 Å². The highest BCUT2D eigenvalue weighted by Crippen LogP contribution is 2.22. The van der Waals surface area contributed by atoms with Gasteiger partial charge in [0.1, 0.15) is 5.82 Å². The summed E-state index contributed by atoms with van der Waals surface area (Å²) in [7, 11) is 0. The standard InChI is InChI=1S/C15H12BrFN2O3/c1-9-12(3-2-4-14(9)19(21)22)15(20)18-8-10-7-11(17)5-6-13(10)16/h2-7H,8H2,1H3,(H,18,20). The molecule has 0 atom stereocenters. The molecule has 0 saturated heterocycles. The minimum absolute atomic E-state index is 0.110. The van der Waals surface area contributed by atoms with Crippen LogP contribution in [-0.2, 0) is 6.54 Å². The van der Waals surface area contributed by atoms with Gasteiger partial charge in [-0.25, -0.2) is 4.39 Å². The van der Waals surface area contributed by atoms with Crippen molar-refractivity contribution in [3.05, 3.63) is 73.5 Å². The second-order valence-electron chi connectivity index (χ2n) is 4.63. The maximum atomic E-state index is 13.2. The van der Waals surface area contributed by atoms with Crippen LogP contribution in [0, 0.1) is 22.9 Å². The van der Waals surface area contributed by atoms with Gasteiger partial charge < -0.3 is 5.32 Å². The maximum Gasteiger partial charge on any atom is 0.273 e. The summed E-state index contributed by atoms with van der Waals surface area (Å²) in [6.07, 6.45) is 0. The van der Waals surface area contributed by atoms with Crippen LogP contribution >= 0.6 is 15.9 Å². The third-order valence-corrected chi connectivity index (χ3v) is 3.97. The molecule has 1 N–H and O–H groups in total. The Bertz CT molecular complexity index is 750. The lowest BCUT2D eigenvalue weighted by Gasteiger charge is -2.09. The first kappa shape index (κ1) is 16.1. The number of nitro benzene ring substituents is 1. The Morgan fingerprint density at radius 1 is 1.36 bits per heavy atom. The van der Waals surface area contributed by atoms with Crippen molar-refractivity contribution in [2.75, 3.05) is 0 Å². The third kappa shape index (κ3) is 3.48. The summed E-state index contributed by atoms with van der Waals surface area (Å²) in [6.45, 7) is 1.63. The zero-order valence-corrected chi connectivity index (χ0v) is 13.2. The minimum atomic E-state index is -0.532. The molecule has 1 amide bonds. The molecule has 0 bridgehead atoms. The van der Waals surface area contributed by atoms with Gasteiger partial charge in [-0.1, -0.05) is 22.0 Å². The number of amides is 1. The van der Waals surface area contributed by atoms with Crippen molar-refractivity contribution in [3.8, 4) is 0 Å². The monoisotopic (exact) mass is 366 g/mol. The SMILES string of the molecule is Cc1c(C(=O)NCc2cc(F)ccc2Br)cccc1[N+](=O)[O-]. The van der Waals surface area contributed by atoms with Crippen LogP contribution in [0.4, 0.5) is 10.1 Å². The van der Waals surface area contributed by atoms with Gasteiger partial charge in [0.15, 0.2) is 0 Å². The first-order chi connectivity index (χ1) is 10.4. The highest BCUT2D eigenvalue weighted by molar-refractivity contribution is 9.10. The molecule has 0 unspecified atom stereocenters. The van der Waals surface area contributed by atoms with E-state index in [1.165, 1.54) is 37.3 Å². The maximum absolute atomic E-state index is 13.2. The number of carbonyl (C=O) groups is 1. The largest absolute Gasteiger partial charge is 0.348 e. The van der Waals surface area contributed by atoms with Gasteiger partial charge >= 0.3 is 0 Å². The molecule has 0 aromatic heterocycles. The molecule has 7 heteroatoms. The summed E-state index contributed by atoms with van der Waals surface area (Å²) in [5.74, 6) is -0.851. The molecule has 2 rings (SSSR count). The van der Waals surface area contributed by atoms with Crippen LogP contribution < -0.4 is 5.32 Å². The summed E-state index contributed by atoms with van der Waals surface area (Å²) in [5.41, 5.74) is 0.987. The van der Waals surface area contributed by atoms with E-state index in [1.54, 1.807) is 6.07 Å². The average molecular weight is 367 g/mol. The van der Waals surface area contributed by atoms with Crippen molar-refractivity contribution in [3.63, 3.8) is 0 Å². The fourth-order valence-corrected chi connectivity index (χ4v) is 2.40. The molecule has 0 heterocycles. The molecule has 0 saturated carbocycles. The molecule has 2 aromatic rings. The molecule has 2 aromatic carbocycles. The number of benzene rings is 2. The molecule has 0 radical (unpaired) electrons. The van der Waals surface area contributed by atoms with E-state index in [2.05, 4.69) is 21.2 Å².